The molecule has 0 fully saturated rings. The average molecular weight is 356 g/mol. The molecule has 0 saturated carbocycles. The van der Waals surface area contributed by atoms with Crippen LogP contribution in [-0.4, -0.2) is 22.8 Å². The lowest BCUT2D eigenvalue weighted by Crippen LogP contribution is -2.09. The first kappa shape index (κ1) is 19.8. The van der Waals surface area contributed by atoms with Gasteiger partial charge in [0.2, 0.25) is 0 Å². The SMILES string of the molecule is CCCCCCOC(=O)CCC(c1ccc(O)cc1)c1ccc(O)cc1. The number of phenolic OH excluding ortho intramolecular Hbond substituents is 2. The number of benzene rings is 2. The van der Waals surface area contributed by atoms with Gasteiger partial charge in [0.15, 0.2) is 0 Å². The van der Waals surface area contributed by atoms with Gasteiger partial charge < -0.3 is 14.9 Å². The minimum absolute atomic E-state index is 0.00356. The lowest BCUT2D eigenvalue weighted by molar-refractivity contribution is -0.143. The van der Waals surface area contributed by atoms with Gasteiger partial charge in [-0.05, 0) is 48.2 Å². The second kappa shape index (κ2) is 10.5. The van der Waals surface area contributed by atoms with Gasteiger partial charge >= 0.3 is 5.97 Å². The van der Waals surface area contributed by atoms with Crippen LogP contribution in [0.1, 0.15) is 62.5 Å². The molecule has 2 aromatic rings. The average Bonchev–Trinajstić information content (AvgIpc) is 2.64. The van der Waals surface area contributed by atoms with E-state index in [2.05, 4.69) is 6.92 Å². The van der Waals surface area contributed by atoms with Gasteiger partial charge in [0.25, 0.3) is 0 Å². The smallest absolute Gasteiger partial charge is 0.305 e. The first-order chi connectivity index (χ1) is 12.6. The molecule has 0 radical (unpaired) electrons. The summed E-state index contributed by atoms with van der Waals surface area (Å²) in [5.74, 6) is 0.252. The summed E-state index contributed by atoms with van der Waals surface area (Å²) in [6, 6.07) is 14.0. The second-order valence-electron chi connectivity index (χ2n) is 6.56. The van der Waals surface area contributed by atoms with Crippen LogP contribution in [0, 0.1) is 0 Å². The van der Waals surface area contributed by atoms with Crippen molar-refractivity contribution in [1.82, 2.24) is 0 Å². The molecule has 0 amide bonds. The summed E-state index contributed by atoms with van der Waals surface area (Å²) in [6.07, 6.45) is 5.28. The first-order valence-electron chi connectivity index (χ1n) is 9.33. The topological polar surface area (TPSA) is 66.8 Å². The van der Waals surface area contributed by atoms with Crippen LogP contribution in [0.2, 0.25) is 0 Å². The maximum atomic E-state index is 12.0. The van der Waals surface area contributed by atoms with Crippen molar-refractivity contribution in [2.75, 3.05) is 6.61 Å². The molecule has 4 heteroatoms. The molecule has 0 saturated heterocycles. The fraction of sp³-hybridized carbons (Fsp3) is 0.409. The zero-order valence-corrected chi connectivity index (χ0v) is 15.4. The zero-order valence-electron chi connectivity index (χ0n) is 15.4. The van der Waals surface area contributed by atoms with E-state index in [0.29, 0.717) is 19.4 Å². The highest BCUT2D eigenvalue weighted by Crippen LogP contribution is 2.31. The predicted molar refractivity (Wildman–Crippen MR) is 102 cm³/mol. The van der Waals surface area contributed by atoms with Crippen LogP contribution in [0.5, 0.6) is 11.5 Å². The van der Waals surface area contributed by atoms with E-state index < -0.39 is 0 Å². The van der Waals surface area contributed by atoms with Gasteiger partial charge in [-0.1, -0.05) is 50.5 Å². The standard InChI is InChI=1S/C22H28O4/c1-2-3-4-5-16-26-22(25)15-14-21(17-6-10-19(23)11-7-17)18-8-12-20(24)13-9-18/h6-13,21,23-24H,2-5,14-16H2,1H3. The van der Waals surface area contributed by atoms with Crippen molar-refractivity contribution in [2.24, 2.45) is 0 Å². The molecule has 0 spiro atoms. The quantitative estimate of drug-likeness (QED) is 0.457. The van der Waals surface area contributed by atoms with Gasteiger partial charge in [0.1, 0.15) is 11.5 Å². The molecule has 0 aliphatic carbocycles. The van der Waals surface area contributed by atoms with Crippen molar-refractivity contribution in [3.05, 3.63) is 59.7 Å². The molecule has 0 bridgehead atoms. The Balaban J connectivity index is 1.97. The molecule has 2 aromatic carbocycles. The largest absolute Gasteiger partial charge is 0.508 e. The molecule has 0 atom stereocenters. The van der Waals surface area contributed by atoms with E-state index in [1.54, 1.807) is 24.3 Å². The minimum atomic E-state index is -0.177. The number of unbranched alkanes of at least 4 members (excludes halogenated alkanes) is 3. The highest BCUT2D eigenvalue weighted by molar-refractivity contribution is 5.69. The van der Waals surface area contributed by atoms with Crippen molar-refractivity contribution in [3.8, 4) is 11.5 Å². The fourth-order valence-electron chi connectivity index (χ4n) is 2.99. The molecule has 0 aliphatic heterocycles. The van der Waals surface area contributed by atoms with E-state index in [1.807, 2.05) is 24.3 Å². The predicted octanol–water partition coefficient (Wildman–Crippen LogP) is 5.13. The Hall–Kier alpha value is -2.49. The number of ether oxygens (including phenoxy) is 1. The number of hydrogen-bond donors (Lipinski definition) is 2. The van der Waals surface area contributed by atoms with E-state index in [9.17, 15) is 15.0 Å². The molecule has 0 unspecified atom stereocenters. The van der Waals surface area contributed by atoms with E-state index in [4.69, 9.17) is 4.74 Å². The Bertz CT molecular complexity index is 616. The van der Waals surface area contributed by atoms with Gasteiger partial charge in [0, 0.05) is 12.3 Å². The molecular formula is C22H28O4. The van der Waals surface area contributed by atoms with Gasteiger partial charge in [-0.25, -0.2) is 0 Å². The Morgan fingerprint density at radius 1 is 0.885 bits per heavy atom. The highest BCUT2D eigenvalue weighted by atomic mass is 16.5. The van der Waals surface area contributed by atoms with E-state index >= 15 is 0 Å². The molecule has 26 heavy (non-hydrogen) atoms. The van der Waals surface area contributed by atoms with Gasteiger partial charge in [-0.15, -0.1) is 0 Å². The molecular weight excluding hydrogens is 328 g/mol. The third-order valence-corrected chi connectivity index (χ3v) is 4.49. The number of hydrogen-bond acceptors (Lipinski definition) is 4. The third kappa shape index (κ3) is 6.43. The van der Waals surface area contributed by atoms with E-state index in [-0.39, 0.29) is 23.4 Å². The lowest BCUT2D eigenvalue weighted by atomic mass is 9.87. The number of carbonyl (C=O) groups excluding carboxylic acids is 1. The summed E-state index contributed by atoms with van der Waals surface area (Å²) >= 11 is 0. The molecule has 4 nitrogen and oxygen atoms in total. The Labute approximate surface area is 155 Å². The number of carbonyl (C=O) groups is 1. The molecule has 2 rings (SSSR count). The van der Waals surface area contributed by atoms with Crippen molar-refractivity contribution in [2.45, 2.75) is 51.4 Å². The van der Waals surface area contributed by atoms with Crippen LogP contribution in [-0.2, 0) is 9.53 Å². The fourth-order valence-corrected chi connectivity index (χ4v) is 2.99. The van der Waals surface area contributed by atoms with Crippen molar-refractivity contribution in [1.29, 1.82) is 0 Å². The van der Waals surface area contributed by atoms with Crippen molar-refractivity contribution >= 4 is 5.97 Å². The van der Waals surface area contributed by atoms with Crippen LogP contribution < -0.4 is 0 Å². The summed E-state index contributed by atoms with van der Waals surface area (Å²) in [4.78, 5) is 12.0. The molecule has 0 aliphatic rings. The molecule has 0 aromatic heterocycles. The lowest BCUT2D eigenvalue weighted by Gasteiger charge is -2.18. The summed E-state index contributed by atoms with van der Waals surface area (Å²) in [5.41, 5.74) is 2.04. The summed E-state index contributed by atoms with van der Waals surface area (Å²) in [6.45, 7) is 2.64. The maximum Gasteiger partial charge on any atom is 0.305 e. The van der Waals surface area contributed by atoms with Crippen molar-refractivity contribution < 1.29 is 19.7 Å². The number of phenols is 2. The highest BCUT2D eigenvalue weighted by Gasteiger charge is 2.17. The first-order valence-corrected chi connectivity index (χ1v) is 9.33. The van der Waals surface area contributed by atoms with Crippen LogP contribution in [0.15, 0.2) is 48.5 Å². The van der Waals surface area contributed by atoms with Gasteiger partial charge in [-0.3, -0.25) is 4.79 Å². The van der Waals surface area contributed by atoms with Crippen molar-refractivity contribution in [3.63, 3.8) is 0 Å². The van der Waals surface area contributed by atoms with Crippen LogP contribution >= 0.6 is 0 Å². The van der Waals surface area contributed by atoms with Gasteiger partial charge in [0.05, 0.1) is 6.61 Å². The Kier molecular flexibility index (Phi) is 8.00. The summed E-state index contributed by atoms with van der Waals surface area (Å²) in [5, 5.41) is 19.0. The number of aromatic hydroxyl groups is 2. The monoisotopic (exact) mass is 356 g/mol. The summed E-state index contributed by atoms with van der Waals surface area (Å²) < 4.78 is 5.33. The minimum Gasteiger partial charge on any atom is -0.508 e. The van der Waals surface area contributed by atoms with E-state index in [1.165, 1.54) is 6.42 Å². The zero-order chi connectivity index (χ0) is 18.8. The van der Waals surface area contributed by atoms with Crippen LogP contribution in [0.4, 0.5) is 0 Å². The molecule has 2 N–H and O–H groups in total. The van der Waals surface area contributed by atoms with Crippen LogP contribution in [0.25, 0.3) is 0 Å². The summed E-state index contributed by atoms with van der Waals surface area (Å²) in [7, 11) is 0. The van der Waals surface area contributed by atoms with Crippen LogP contribution in [0.3, 0.4) is 0 Å². The third-order valence-electron chi connectivity index (χ3n) is 4.49. The van der Waals surface area contributed by atoms with E-state index in [0.717, 1.165) is 30.4 Å². The molecule has 140 valence electrons. The Morgan fingerprint density at radius 2 is 1.42 bits per heavy atom. The normalized spacial score (nSPS) is 10.8. The number of esters is 1. The Morgan fingerprint density at radius 3 is 1.92 bits per heavy atom. The number of rotatable bonds is 10. The second-order valence-corrected chi connectivity index (χ2v) is 6.56. The maximum absolute atomic E-state index is 12.0. The van der Waals surface area contributed by atoms with Gasteiger partial charge in [-0.2, -0.15) is 0 Å². The molecule has 0 heterocycles.